The fourth-order valence-electron chi connectivity index (χ4n) is 3.82. The molecular formula is C29H30F4N4O3. The van der Waals surface area contributed by atoms with Crippen LogP contribution in [0.1, 0.15) is 59.6 Å². The molecule has 0 fully saturated rings. The highest BCUT2D eigenvalue weighted by Gasteiger charge is 2.31. The number of alkyl halides is 3. The average molecular weight is 559 g/mol. The largest absolute Gasteiger partial charge is 0.573 e. The minimum atomic E-state index is -4.92. The first-order valence-electron chi connectivity index (χ1n) is 12.5. The monoisotopic (exact) mass is 558 g/mol. The average Bonchev–Trinajstić information content (AvgIpc) is 3.21. The first-order valence-corrected chi connectivity index (χ1v) is 12.5. The molecule has 1 aromatic heterocycles. The van der Waals surface area contributed by atoms with E-state index in [1.807, 2.05) is 25.1 Å². The summed E-state index contributed by atoms with van der Waals surface area (Å²) in [5, 5.41) is 5.22. The molecule has 0 bridgehead atoms. The van der Waals surface area contributed by atoms with Crippen molar-refractivity contribution in [1.82, 2.24) is 14.9 Å². The molecule has 0 spiro atoms. The zero-order valence-corrected chi connectivity index (χ0v) is 22.5. The number of unbranched alkanes of at least 4 members (excludes halogenated alkanes) is 1. The van der Waals surface area contributed by atoms with E-state index in [1.165, 1.54) is 6.92 Å². The molecule has 0 radical (unpaired) electrons. The number of halogens is 4. The second-order valence-corrected chi connectivity index (χ2v) is 9.07. The van der Waals surface area contributed by atoms with Crippen molar-refractivity contribution in [3.8, 4) is 5.75 Å². The number of ether oxygens (including phenoxy) is 1. The third-order valence-corrected chi connectivity index (χ3v) is 5.79. The lowest BCUT2D eigenvalue weighted by molar-refractivity contribution is -0.274. The van der Waals surface area contributed by atoms with Crippen molar-refractivity contribution >= 4 is 29.3 Å². The van der Waals surface area contributed by atoms with Gasteiger partial charge in [-0.3, -0.25) is 9.59 Å². The molecular weight excluding hydrogens is 528 g/mol. The summed E-state index contributed by atoms with van der Waals surface area (Å²) in [5.74, 6) is -1.06. The van der Waals surface area contributed by atoms with Crippen molar-refractivity contribution in [3.05, 3.63) is 88.6 Å². The van der Waals surface area contributed by atoms with Crippen molar-refractivity contribution in [2.75, 3.05) is 5.32 Å². The quantitative estimate of drug-likeness (QED) is 0.218. The van der Waals surface area contributed by atoms with Gasteiger partial charge in [0.2, 0.25) is 5.91 Å². The molecule has 0 atom stereocenters. The van der Waals surface area contributed by atoms with Gasteiger partial charge in [0, 0.05) is 37.8 Å². The van der Waals surface area contributed by atoms with Crippen LogP contribution in [0.4, 0.5) is 23.4 Å². The number of amides is 2. The number of carbonyl (C=O) groups is 2. The maximum absolute atomic E-state index is 14.2. The number of nitrogens with zero attached hydrogens (tertiary/aromatic N) is 2. The van der Waals surface area contributed by atoms with E-state index in [4.69, 9.17) is 0 Å². The van der Waals surface area contributed by atoms with Crippen molar-refractivity contribution in [2.24, 2.45) is 7.05 Å². The topological polar surface area (TPSA) is 85.2 Å². The second kappa shape index (κ2) is 13.1. The van der Waals surface area contributed by atoms with Crippen LogP contribution in [0, 0.1) is 12.7 Å². The predicted molar refractivity (Wildman–Crippen MR) is 145 cm³/mol. The molecule has 0 saturated heterocycles. The Hall–Kier alpha value is -4.41. The van der Waals surface area contributed by atoms with E-state index in [1.54, 1.807) is 42.9 Å². The summed E-state index contributed by atoms with van der Waals surface area (Å²) >= 11 is 0. The van der Waals surface area contributed by atoms with Crippen molar-refractivity contribution in [2.45, 2.75) is 46.5 Å². The van der Waals surface area contributed by atoms with Crippen LogP contribution in [0.25, 0.3) is 11.6 Å². The maximum atomic E-state index is 14.2. The fourth-order valence-corrected chi connectivity index (χ4v) is 3.82. The summed E-state index contributed by atoms with van der Waals surface area (Å²) < 4.78 is 57.4. The Morgan fingerprint density at radius 1 is 1.15 bits per heavy atom. The second-order valence-electron chi connectivity index (χ2n) is 9.07. The van der Waals surface area contributed by atoms with Crippen LogP contribution >= 0.6 is 0 Å². The Balaban J connectivity index is 1.83. The van der Waals surface area contributed by atoms with Gasteiger partial charge < -0.3 is 19.9 Å². The van der Waals surface area contributed by atoms with Crippen LogP contribution in [0.15, 0.2) is 54.7 Å². The van der Waals surface area contributed by atoms with E-state index >= 15 is 0 Å². The van der Waals surface area contributed by atoms with Crippen molar-refractivity contribution in [3.63, 3.8) is 0 Å². The Morgan fingerprint density at radius 2 is 1.90 bits per heavy atom. The van der Waals surface area contributed by atoms with Crippen molar-refractivity contribution < 1.29 is 31.9 Å². The van der Waals surface area contributed by atoms with Crippen LogP contribution in [0.5, 0.6) is 5.75 Å². The molecule has 0 aliphatic carbocycles. The molecule has 7 nitrogen and oxygen atoms in total. The molecule has 0 aliphatic rings. The maximum Gasteiger partial charge on any atom is 0.573 e. The normalized spacial score (nSPS) is 12.1. The van der Waals surface area contributed by atoms with Crippen LogP contribution in [-0.2, 0) is 18.4 Å². The van der Waals surface area contributed by atoms with Gasteiger partial charge in [0.15, 0.2) is 5.82 Å². The third-order valence-electron chi connectivity index (χ3n) is 5.79. The Labute approximate surface area is 229 Å². The number of rotatable bonds is 10. The summed E-state index contributed by atoms with van der Waals surface area (Å²) in [7, 11) is 1.80. The molecule has 3 rings (SSSR count). The molecule has 11 heteroatoms. The summed E-state index contributed by atoms with van der Waals surface area (Å²) in [5.41, 5.74) is 2.44. The molecule has 2 aromatic carbocycles. The minimum Gasteiger partial charge on any atom is -0.406 e. The van der Waals surface area contributed by atoms with Gasteiger partial charge in [-0.15, -0.1) is 13.2 Å². The summed E-state index contributed by atoms with van der Waals surface area (Å²) in [4.78, 5) is 28.8. The lowest BCUT2D eigenvalue weighted by Crippen LogP contribution is -2.24. The first-order chi connectivity index (χ1) is 18.9. The molecule has 0 saturated carbocycles. The number of allylic oxidation sites excluding steroid dienone is 3. The molecule has 2 amide bonds. The predicted octanol–water partition coefficient (Wildman–Crippen LogP) is 6.55. The standard InChI is InChI=1S/C29H30F4N4O3/c1-5-6-7-20(10-13-27-36-26(17-37(27)4)35-19(3)38)21-9-8-18(2)24(15-21)28(39)34-16-22-14-23(11-12-25(22)30)40-29(31,32)33/h7-15,17H,5-6,16H2,1-4H3,(H,34,39)(H,35,38)/b13-10-,20-7-. The van der Waals surface area contributed by atoms with E-state index < -0.39 is 23.8 Å². The highest BCUT2D eigenvalue weighted by atomic mass is 19.4. The molecule has 3 aromatic rings. The van der Waals surface area contributed by atoms with E-state index in [0.29, 0.717) is 22.8 Å². The van der Waals surface area contributed by atoms with Gasteiger partial charge in [-0.25, -0.2) is 9.37 Å². The lowest BCUT2D eigenvalue weighted by atomic mass is 9.97. The number of hydrogen-bond donors (Lipinski definition) is 2. The van der Waals surface area contributed by atoms with Gasteiger partial charge in [0.05, 0.1) is 0 Å². The number of imidazole rings is 1. The third kappa shape index (κ3) is 8.55. The number of carbonyl (C=O) groups excluding carboxylic acids is 2. The van der Waals surface area contributed by atoms with Crippen LogP contribution in [-0.4, -0.2) is 27.7 Å². The molecule has 0 aliphatic heterocycles. The molecule has 1 heterocycles. The van der Waals surface area contributed by atoms with E-state index in [9.17, 15) is 27.2 Å². The summed E-state index contributed by atoms with van der Waals surface area (Å²) in [6.45, 7) is 4.85. The molecule has 2 N–H and O–H groups in total. The van der Waals surface area contributed by atoms with Gasteiger partial charge in [0.1, 0.15) is 17.4 Å². The highest BCUT2D eigenvalue weighted by Crippen LogP contribution is 2.25. The number of anilines is 1. The number of aryl methyl sites for hydroxylation is 2. The SMILES string of the molecule is CCC/C=C(/C=C\c1nc(NC(C)=O)cn1C)c1ccc(C)c(C(=O)NCc2cc(OC(F)(F)F)ccc2F)c1. The smallest absolute Gasteiger partial charge is 0.406 e. The van der Waals surface area contributed by atoms with Gasteiger partial charge in [-0.1, -0.05) is 37.6 Å². The zero-order valence-electron chi connectivity index (χ0n) is 22.5. The Bertz CT molecular complexity index is 1440. The zero-order chi connectivity index (χ0) is 29.4. The summed E-state index contributed by atoms with van der Waals surface area (Å²) in [6.07, 6.45) is 4.14. The number of aromatic nitrogens is 2. The number of nitrogens with one attached hydrogen (secondary N) is 2. The summed E-state index contributed by atoms with van der Waals surface area (Å²) in [6, 6.07) is 7.98. The minimum absolute atomic E-state index is 0.149. The fraction of sp³-hybridized carbons (Fsp3) is 0.276. The Morgan fingerprint density at radius 3 is 2.58 bits per heavy atom. The Kier molecular flexibility index (Phi) is 9.87. The van der Waals surface area contributed by atoms with Crippen LogP contribution in [0.2, 0.25) is 0 Å². The van der Waals surface area contributed by atoms with E-state index in [-0.39, 0.29) is 18.0 Å². The van der Waals surface area contributed by atoms with E-state index in [0.717, 1.165) is 42.2 Å². The lowest BCUT2D eigenvalue weighted by Gasteiger charge is -2.13. The first kappa shape index (κ1) is 30.1. The van der Waals surface area contributed by atoms with Gasteiger partial charge in [-0.2, -0.15) is 0 Å². The van der Waals surface area contributed by atoms with Gasteiger partial charge >= 0.3 is 6.36 Å². The molecule has 0 unspecified atom stereocenters. The van der Waals surface area contributed by atoms with E-state index in [2.05, 4.69) is 20.4 Å². The molecule has 40 heavy (non-hydrogen) atoms. The highest BCUT2D eigenvalue weighted by molar-refractivity contribution is 5.97. The number of benzene rings is 2. The molecule has 212 valence electrons. The number of hydrogen-bond acceptors (Lipinski definition) is 4. The van der Waals surface area contributed by atoms with Crippen LogP contribution < -0.4 is 15.4 Å². The van der Waals surface area contributed by atoms with Gasteiger partial charge in [0.25, 0.3) is 5.91 Å². The van der Waals surface area contributed by atoms with Crippen molar-refractivity contribution in [1.29, 1.82) is 0 Å². The van der Waals surface area contributed by atoms with Gasteiger partial charge in [-0.05, 0) is 60.4 Å². The van der Waals surface area contributed by atoms with Crippen LogP contribution in [0.3, 0.4) is 0 Å².